The first kappa shape index (κ1) is 11.1. The summed E-state index contributed by atoms with van der Waals surface area (Å²) < 4.78 is 13.1. The molecule has 1 rings (SSSR count). The first-order chi connectivity index (χ1) is 7.04. The van der Waals surface area contributed by atoms with Gasteiger partial charge in [0, 0.05) is 12.6 Å². The molecule has 0 spiro atoms. The Morgan fingerprint density at radius 3 is 2.60 bits per heavy atom. The van der Waals surface area contributed by atoms with Crippen LogP contribution in [-0.4, -0.2) is 17.0 Å². The molecule has 5 nitrogen and oxygen atoms in total. The molecule has 0 fully saturated rings. The Hall–Kier alpha value is -1.95. The number of hydrogen-bond acceptors (Lipinski definition) is 3. The van der Waals surface area contributed by atoms with Gasteiger partial charge in [0.1, 0.15) is 5.82 Å². The van der Waals surface area contributed by atoms with Crippen molar-refractivity contribution in [3.05, 3.63) is 29.6 Å². The molecule has 0 bridgehead atoms. The number of amides is 2. The summed E-state index contributed by atoms with van der Waals surface area (Å²) in [5.74, 6) is -2.09. The third-order valence-corrected chi connectivity index (χ3v) is 1.63. The zero-order valence-electron chi connectivity index (χ0n) is 7.87. The number of hydrogen-bond donors (Lipinski definition) is 3. The van der Waals surface area contributed by atoms with E-state index in [-0.39, 0.29) is 17.2 Å². The zero-order valence-corrected chi connectivity index (χ0v) is 7.87. The molecule has 1 aromatic rings. The Bertz CT molecular complexity index is 406. The largest absolute Gasteiger partial charge is 0.326 e. The number of hydroxylamine groups is 1. The van der Waals surface area contributed by atoms with Crippen molar-refractivity contribution in [3.8, 4) is 0 Å². The third-order valence-electron chi connectivity index (χ3n) is 1.63. The normalized spacial score (nSPS) is 9.53. The van der Waals surface area contributed by atoms with Gasteiger partial charge in [-0.05, 0) is 18.2 Å². The molecule has 0 radical (unpaired) electrons. The molecule has 1 aromatic carbocycles. The molecule has 80 valence electrons. The topological polar surface area (TPSA) is 78.4 Å². The van der Waals surface area contributed by atoms with Gasteiger partial charge in [0.2, 0.25) is 5.91 Å². The lowest BCUT2D eigenvalue weighted by atomic mass is 10.2. The van der Waals surface area contributed by atoms with Crippen LogP contribution in [0.4, 0.5) is 10.1 Å². The zero-order chi connectivity index (χ0) is 11.4. The molecule has 15 heavy (non-hydrogen) atoms. The Kier molecular flexibility index (Phi) is 3.35. The molecular formula is C9H9FN2O3. The van der Waals surface area contributed by atoms with E-state index in [9.17, 15) is 14.0 Å². The number of halogens is 1. The lowest BCUT2D eigenvalue weighted by Crippen LogP contribution is -2.20. The van der Waals surface area contributed by atoms with Gasteiger partial charge in [0.25, 0.3) is 5.91 Å². The van der Waals surface area contributed by atoms with Gasteiger partial charge < -0.3 is 5.32 Å². The Balaban J connectivity index is 3.05. The van der Waals surface area contributed by atoms with E-state index >= 15 is 0 Å². The van der Waals surface area contributed by atoms with E-state index in [0.29, 0.717) is 0 Å². The van der Waals surface area contributed by atoms with Crippen LogP contribution in [0.2, 0.25) is 0 Å². The first-order valence-corrected chi connectivity index (χ1v) is 4.06. The lowest BCUT2D eigenvalue weighted by molar-refractivity contribution is -0.114. The summed E-state index contributed by atoms with van der Waals surface area (Å²) in [6.07, 6.45) is 0. The SMILES string of the molecule is CC(=O)Nc1ccc(F)c(C(=O)NO)c1. The van der Waals surface area contributed by atoms with Gasteiger partial charge in [-0.15, -0.1) is 0 Å². The third kappa shape index (κ3) is 2.75. The highest BCUT2D eigenvalue weighted by Crippen LogP contribution is 2.14. The molecule has 0 aromatic heterocycles. The van der Waals surface area contributed by atoms with Crippen molar-refractivity contribution >= 4 is 17.5 Å². The second-order valence-corrected chi connectivity index (χ2v) is 2.82. The predicted octanol–water partition coefficient (Wildman–Crippen LogP) is 0.903. The highest BCUT2D eigenvalue weighted by molar-refractivity contribution is 5.96. The number of carbonyl (C=O) groups is 2. The van der Waals surface area contributed by atoms with E-state index in [2.05, 4.69) is 5.32 Å². The fraction of sp³-hybridized carbons (Fsp3) is 0.111. The summed E-state index contributed by atoms with van der Waals surface area (Å²) in [5.41, 5.74) is 1.25. The molecule has 0 saturated heterocycles. The maximum absolute atomic E-state index is 13.1. The Morgan fingerprint density at radius 1 is 1.40 bits per heavy atom. The fourth-order valence-electron chi connectivity index (χ4n) is 1.04. The molecule has 3 N–H and O–H groups in total. The van der Waals surface area contributed by atoms with Crippen molar-refractivity contribution in [3.63, 3.8) is 0 Å². The summed E-state index contributed by atoms with van der Waals surface area (Å²) in [7, 11) is 0. The van der Waals surface area contributed by atoms with Crippen LogP contribution in [0.25, 0.3) is 0 Å². The molecule has 2 amide bonds. The summed E-state index contributed by atoms with van der Waals surface area (Å²) >= 11 is 0. The molecule has 0 aliphatic heterocycles. The first-order valence-electron chi connectivity index (χ1n) is 4.06. The smallest absolute Gasteiger partial charge is 0.277 e. The number of rotatable bonds is 2. The highest BCUT2D eigenvalue weighted by atomic mass is 19.1. The van der Waals surface area contributed by atoms with E-state index in [1.165, 1.54) is 18.5 Å². The second kappa shape index (κ2) is 4.52. The van der Waals surface area contributed by atoms with Crippen LogP contribution in [0, 0.1) is 5.82 Å². The van der Waals surface area contributed by atoms with Crippen molar-refractivity contribution in [2.45, 2.75) is 6.92 Å². The quantitative estimate of drug-likeness (QED) is 0.503. The Labute approximate surface area is 84.9 Å². The van der Waals surface area contributed by atoms with Crippen LogP contribution in [0.1, 0.15) is 17.3 Å². The van der Waals surface area contributed by atoms with E-state index < -0.39 is 11.7 Å². The van der Waals surface area contributed by atoms with E-state index in [1.54, 1.807) is 0 Å². The maximum atomic E-state index is 13.1. The van der Waals surface area contributed by atoms with Crippen molar-refractivity contribution in [1.29, 1.82) is 0 Å². The molecule has 0 aliphatic rings. The minimum Gasteiger partial charge on any atom is -0.326 e. The number of benzene rings is 1. The van der Waals surface area contributed by atoms with Crippen LogP contribution in [-0.2, 0) is 4.79 Å². The van der Waals surface area contributed by atoms with Crippen LogP contribution < -0.4 is 10.8 Å². The van der Waals surface area contributed by atoms with Gasteiger partial charge >= 0.3 is 0 Å². The van der Waals surface area contributed by atoms with Crippen molar-refractivity contribution < 1.29 is 19.2 Å². The van der Waals surface area contributed by atoms with Crippen LogP contribution in [0.15, 0.2) is 18.2 Å². The summed E-state index contributed by atoms with van der Waals surface area (Å²) in [6, 6.07) is 3.46. The van der Waals surface area contributed by atoms with Gasteiger partial charge in [-0.25, -0.2) is 9.87 Å². The second-order valence-electron chi connectivity index (χ2n) is 2.82. The van der Waals surface area contributed by atoms with E-state index in [4.69, 9.17) is 5.21 Å². The summed E-state index contributed by atoms with van der Waals surface area (Å²) in [4.78, 5) is 21.7. The number of carbonyl (C=O) groups excluding carboxylic acids is 2. The van der Waals surface area contributed by atoms with Gasteiger partial charge in [0.15, 0.2) is 0 Å². The predicted molar refractivity (Wildman–Crippen MR) is 50.0 cm³/mol. The fourth-order valence-corrected chi connectivity index (χ4v) is 1.04. The average molecular weight is 212 g/mol. The van der Waals surface area contributed by atoms with Crippen molar-refractivity contribution in [1.82, 2.24) is 5.48 Å². The standard InChI is InChI=1S/C9H9FN2O3/c1-5(13)11-6-2-3-8(10)7(4-6)9(14)12-15/h2-4,15H,1H3,(H,11,13)(H,12,14). The van der Waals surface area contributed by atoms with Crippen molar-refractivity contribution in [2.75, 3.05) is 5.32 Å². The number of anilines is 1. The minimum absolute atomic E-state index is 0.280. The molecule has 0 atom stereocenters. The van der Waals surface area contributed by atoms with Crippen LogP contribution in [0.5, 0.6) is 0 Å². The molecule has 0 heterocycles. The van der Waals surface area contributed by atoms with Gasteiger partial charge in [-0.3, -0.25) is 14.8 Å². The van der Waals surface area contributed by atoms with Gasteiger partial charge in [-0.1, -0.05) is 0 Å². The molecule has 0 saturated carbocycles. The van der Waals surface area contributed by atoms with E-state index in [0.717, 1.165) is 12.1 Å². The average Bonchev–Trinajstić information content (AvgIpc) is 2.19. The monoisotopic (exact) mass is 212 g/mol. The Morgan fingerprint density at radius 2 is 2.07 bits per heavy atom. The van der Waals surface area contributed by atoms with Gasteiger partial charge in [-0.2, -0.15) is 0 Å². The maximum Gasteiger partial charge on any atom is 0.277 e. The summed E-state index contributed by atoms with van der Waals surface area (Å²) in [6.45, 7) is 1.29. The van der Waals surface area contributed by atoms with Crippen LogP contribution >= 0.6 is 0 Å². The van der Waals surface area contributed by atoms with Gasteiger partial charge in [0.05, 0.1) is 5.56 Å². The van der Waals surface area contributed by atoms with Crippen LogP contribution in [0.3, 0.4) is 0 Å². The van der Waals surface area contributed by atoms with E-state index in [1.807, 2.05) is 0 Å². The molecular weight excluding hydrogens is 203 g/mol. The molecule has 0 unspecified atom stereocenters. The van der Waals surface area contributed by atoms with Crippen molar-refractivity contribution in [2.24, 2.45) is 0 Å². The summed E-state index contributed by atoms with van der Waals surface area (Å²) in [5, 5.41) is 10.7. The molecule has 0 aliphatic carbocycles. The number of nitrogens with one attached hydrogen (secondary N) is 2. The highest BCUT2D eigenvalue weighted by Gasteiger charge is 2.11. The minimum atomic E-state index is -0.972. The lowest BCUT2D eigenvalue weighted by Gasteiger charge is -2.05. The molecule has 6 heteroatoms.